The minimum absolute atomic E-state index is 0.0313. The SMILES string of the molecule is CNCC(OCc1ccc(Cl)cc1)c1ccc(Br)cc1. The van der Waals surface area contributed by atoms with Gasteiger partial charge in [0, 0.05) is 16.0 Å². The van der Waals surface area contributed by atoms with Crippen LogP contribution in [0.1, 0.15) is 17.2 Å². The molecule has 2 nitrogen and oxygen atoms in total. The fraction of sp³-hybridized carbons (Fsp3) is 0.250. The van der Waals surface area contributed by atoms with Crippen molar-refractivity contribution in [2.45, 2.75) is 12.7 Å². The fourth-order valence-corrected chi connectivity index (χ4v) is 2.30. The summed E-state index contributed by atoms with van der Waals surface area (Å²) in [5, 5.41) is 3.91. The summed E-state index contributed by atoms with van der Waals surface area (Å²) in [6.07, 6.45) is 0.0313. The van der Waals surface area contributed by atoms with Gasteiger partial charge in [0.25, 0.3) is 0 Å². The molecule has 0 amide bonds. The number of benzene rings is 2. The van der Waals surface area contributed by atoms with Gasteiger partial charge in [0.2, 0.25) is 0 Å². The molecular formula is C16H17BrClNO. The molecular weight excluding hydrogens is 338 g/mol. The number of likely N-dealkylation sites (N-methyl/N-ethyl adjacent to an activating group) is 1. The summed E-state index contributed by atoms with van der Waals surface area (Å²) >= 11 is 9.33. The number of rotatable bonds is 6. The molecule has 0 aliphatic carbocycles. The third kappa shape index (κ3) is 4.60. The van der Waals surface area contributed by atoms with Gasteiger partial charge in [0.15, 0.2) is 0 Å². The monoisotopic (exact) mass is 353 g/mol. The van der Waals surface area contributed by atoms with Crippen molar-refractivity contribution in [1.29, 1.82) is 0 Å². The van der Waals surface area contributed by atoms with Gasteiger partial charge in [-0.05, 0) is 42.4 Å². The highest BCUT2D eigenvalue weighted by Crippen LogP contribution is 2.21. The maximum absolute atomic E-state index is 6.01. The van der Waals surface area contributed by atoms with Crippen molar-refractivity contribution in [3.05, 3.63) is 69.2 Å². The third-order valence-corrected chi connectivity index (χ3v) is 3.78. The molecule has 0 saturated heterocycles. The molecule has 0 spiro atoms. The smallest absolute Gasteiger partial charge is 0.0953 e. The van der Waals surface area contributed by atoms with Crippen molar-refractivity contribution in [2.24, 2.45) is 0 Å². The zero-order chi connectivity index (χ0) is 14.4. The van der Waals surface area contributed by atoms with Gasteiger partial charge in [-0.15, -0.1) is 0 Å². The summed E-state index contributed by atoms with van der Waals surface area (Å²) in [5.41, 5.74) is 2.28. The topological polar surface area (TPSA) is 21.3 Å². The van der Waals surface area contributed by atoms with Crippen LogP contribution >= 0.6 is 27.5 Å². The van der Waals surface area contributed by atoms with Crippen LogP contribution in [0.25, 0.3) is 0 Å². The van der Waals surface area contributed by atoms with Crippen LogP contribution in [0.4, 0.5) is 0 Å². The Hall–Kier alpha value is -0.870. The molecule has 20 heavy (non-hydrogen) atoms. The molecule has 2 aromatic carbocycles. The largest absolute Gasteiger partial charge is 0.368 e. The molecule has 0 heterocycles. The van der Waals surface area contributed by atoms with Crippen molar-refractivity contribution in [3.8, 4) is 0 Å². The maximum atomic E-state index is 6.01. The lowest BCUT2D eigenvalue weighted by molar-refractivity contribution is 0.0410. The van der Waals surface area contributed by atoms with E-state index in [1.807, 2.05) is 43.4 Å². The van der Waals surface area contributed by atoms with E-state index in [1.165, 1.54) is 0 Å². The van der Waals surface area contributed by atoms with Gasteiger partial charge < -0.3 is 10.1 Å². The Morgan fingerprint density at radius 3 is 2.35 bits per heavy atom. The first-order valence-electron chi connectivity index (χ1n) is 6.45. The van der Waals surface area contributed by atoms with Gasteiger partial charge in [-0.2, -0.15) is 0 Å². The number of nitrogens with one attached hydrogen (secondary N) is 1. The quantitative estimate of drug-likeness (QED) is 0.820. The Morgan fingerprint density at radius 1 is 1.10 bits per heavy atom. The highest BCUT2D eigenvalue weighted by Gasteiger charge is 2.11. The lowest BCUT2D eigenvalue weighted by Crippen LogP contribution is -2.19. The van der Waals surface area contributed by atoms with E-state index in [0.717, 1.165) is 27.2 Å². The van der Waals surface area contributed by atoms with Crippen LogP contribution in [0.3, 0.4) is 0 Å². The molecule has 0 fully saturated rings. The standard InChI is InChI=1S/C16H17BrClNO/c1-19-10-16(13-4-6-14(17)7-5-13)20-11-12-2-8-15(18)9-3-12/h2-9,16,19H,10-11H2,1H3. The molecule has 1 atom stereocenters. The first kappa shape index (κ1) is 15.5. The Bertz CT molecular complexity index is 527. The van der Waals surface area contributed by atoms with Gasteiger partial charge >= 0.3 is 0 Å². The summed E-state index contributed by atoms with van der Waals surface area (Å²) in [6.45, 7) is 1.34. The molecule has 0 aliphatic heterocycles. The van der Waals surface area contributed by atoms with E-state index in [0.29, 0.717) is 6.61 Å². The summed E-state index contributed by atoms with van der Waals surface area (Å²) in [5.74, 6) is 0. The zero-order valence-corrected chi connectivity index (χ0v) is 13.6. The van der Waals surface area contributed by atoms with Crippen molar-refractivity contribution in [2.75, 3.05) is 13.6 Å². The lowest BCUT2D eigenvalue weighted by atomic mass is 10.1. The molecule has 1 N–H and O–H groups in total. The Kier molecular flexibility index (Phi) is 6.05. The van der Waals surface area contributed by atoms with Gasteiger partial charge in [0.1, 0.15) is 0 Å². The maximum Gasteiger partial charge on any atom is 0.0953 e. The number of halogens is 2. The Balaban J connectivity index is 2.02. The van der Waals surface area contributed by atoms with Crippen LogP contribution in [-0.4, -0.2) is 13.6 Å². The van der Waals surface area contributed by atoms with Gasteiger partial charge in [-0.3, -0.25) is 0 Å². The molecule has 4 heteroatoms. The number of ether oxygens (including phenoxy) is 1. The van der Waals surface area contributed by atoms with E-state index in [9.17, 15) is 0 Å². The second-order valence-corrected chi connectivity index (χ2v) is 5.89. The van der Waals surface area contributed by atoms with E-state index in [2.05, 4.69) is 33.4 Å². The fourth-order valence-electron chi connectivity index (χ4n) is 1.91. The number of hydrogen-bond acceptors (Lipinski definition) is 2. The Labute approximate surface area is 133 Å². The van der Waals surface area contributed by atoms with Crippen molar-refractivity contribution in [3.63, 3.8) is 0 Å². The summed E-state index contributed by atoms with van der Waals surface area (Å²) in [4.78, 5) is 0. The van der Waals surface area contributed by atoms with E-state index < -0.39 is 0 Å². The average molecular weight is 355 g/mol. The predicted octanol–water partition coefficient (Wildman–Crippen LogP) is 4.58. The molecule has 0 aromatic heterocycles. The minimum atomic E-state index is 0.0313. The first-order valence-corrected chi connectivity index (χ1v) is 7.62. The van der Waals surface area contributed by atoms with E-state index in [4.69, 9.17) is 16.3 Å². The van der Waals surface area contributed by atoms with Gasteiger partial charge in [-0.25, -0.2) is 0 Å². The molecule has 0 aliphatic rings. The Morgan fingerprint density at radius 2 is 1.75 bits per heavy atom. The van der Waals surface area contributed by atoms with Crippen LogP contribution in [0.15, 0.2) is 53.0 Å². The molecule has 106 valence electrons. The van der Waals surface area contributed by atoms with Crippen LogP contribution in [0.5, 0.6) is 0 Å². The van der Waals surface area contributed by atoms with E-state index >= 15 is 0 Å². The van der Waals surface area contributed by atoms with Gasteiger partial charge in [0.05, 0.1) is 12.7 Å². The summed E-state index contributed by atoms with van der Waals surface area (Å²) in [6, 6.07) is 16.0. The molecule has 0 saturated carbocycles. The lowest BCUT2D eigenvalue weighted by Gasteiger charge is -2.18. The molecule has 1 unspecified atom stereocenters. The average Bonchev–Trinajstić information content (AvgIpc) is 2.46. The van der Waals surface area contributed by atoms with E-state index in [-0.39, 0.29) is 6.10 Å². The summed E-state index contributed by atoms with van der Waals surface area (Å²) < 4.78 is 7.08. The second kappa shape index (κ2) is 7.79. The number of hydrogen-bond donors (Lipinski definition) is 1. The highest BCUT2D eigenvalue weighted by atomic mass is 79.9. The zero-order valence-electron chi connectivity index (χ0n) is 11.3. The van der Waals surface area contributed by atoms with Gasteiger partial charge in [-0.1, -0.05) is 51.8 Å². The minimum Gasteiger partial charge on any atom is -0.368 e. The van der Waals surface area contributed by atoms with Crippen molar-refractivity contribution in [1.82, 2.24) is 5.32 Å². The molecule has 2 aromatic rings. The van der Waals surface area contributed by atoms with Crippen molar-refractivity contribution < 1.29 is 4.74 Å². The molecule has 2 rings (SSSR count). The van der Waals surface area contributed by atoms with Crippen LogP contribution in [0, 0.1) is 0 Å². The van der Waals surface area contributed by atoms with Crippen LogP contribution < -0.4 is 5.32 Å². The highest BCUT2D eigenvalue weighted by molar-refractivity contribution is 9.10. The third-order valence-electron chi connectivity index (χ3n) is 3.00. The first-order chi connectivity index (χ1) is 9.69. The molecule has 0 bridgehead atoms. The van der Waals surface area contributed by atoms with Crippen molar-refractivity contribution >= 4 is 27.5 Å². The normalized spacial score (nSPS) is 12.3. The second-order valence-electron chi connectivity index (χ2n) is 4.54. The van der Waals surface area contributed by atoms with E-state index in [1.54, 1.807) is 0 Å². The van der Waals surface area contributed by atoms with Crippen LogP contribution in [-0.2, 0) is 11.3 Å². The predicted molar refractivity (Wildman–Crippen MR) is 87.1 cm³/mol. The molecule has 0 radical (unpaired) electrons. The summed E-state index contributed by atoms with van der Waals surface area (Å²) in [7, 11) is 1.93. The van der Waals surface area contributed by atoms with Crippen LogP contribution in [0.2, 0.25) is 5.02 Å².